The van der Waals surface area contributed by atoms with Crippen LogP contribution in [0, 0.1) is 0 Å². The van der Waals surface area contributed by atoms with Crippen molar-refractivity contribution in [2.75, 3.05) is 44.9 Å². The van der Waals surface area contributed by atoms with Crippen LogP contribution in [0.25, 0.3) is 11.0 Å². The van der Waals surface area contributed by atoms with Gasteiger partial charge in [0.2, 0.25) is 0 Å². The number of fused-ring (bicyclic) bond motifs is 1. The molecule has 3 aromatic rings. The van der Waals surface area contributed by atoms with Gasteiger partial charge in [0.05, 0.1) is 31.4 Å². The normalized spacial score (nSPS) is 14.2. The number of methoxy groups -OCH3 is 1. The second kappa shape index (κ2) is 8.96. The third-order valence-corrected chi connectivity index (χ3v) is 5.13. The first-order valence-corrected chi connectivity index (χ1v) is 9.97. The fourth-order valence-electron chi connectivity index (χ4n) is 3.60. The van der Waals surface area contributed by atoms with Crippen molar-refractivity contribution in [3.05, 3.63) is 54.1 Å². The van der Waals surface area contributed by atoms with Gasteiger partial charge in [-0.05, 0) is 36.6 Å². The molecule has 7 nitrogen and oxygen atoms in total. The molecule has 0 bridgehead atoms. The van der Waals surface area contributed by atoms with Crippen molar-refractivity contribution in [3.63, 3.8) is 0 Å². The molecular formula is C22H26N4O3. The molecule has 152 valence electrons. The van der Waals surface area contributed by atoms with Gasteiger partial charge in [-0.1, -0.05) is 30.3 Å². The molecule has 0 aliphatic carbocycles. The van der Waals surface area contributed by atoms with Crippen LogP contribution in [-0.4, -0.2) is 55.5 Å². The van der Waals surface area contributed by atoms with Gasteiger partial charge in [0.1, 0.15) is 0 Å². The number of rotatable bonds is 6. The standard InChI is InChI=1S/C22H26N4O3/c1-28-22-24-19-10-9-18(25-12-14-29-15-13-25)16-20(19)26(22)21(27)23-11-5-8-17-6-3-2-4-7-17/h2-4,6-7,9-10,16H,5,8,11-15H2,1H3,(H,23,27). The summed E-state index contributed by atoms with van der Waals surface area (Å²) < 4.78 is 12.3. The Morgan fingerprint density at radius 1 is 1.17 bits per heavy atom. The Hall–Kier alpha value is -3.06. The van der Waals surface area contributed by atoms with Crippen molar-refractivity contribution in [1.82, 2.24) is 14.9 Å². The number of carbonyl (C=O) groups is 1. The van der Waals surface area contributed by atoms with E-state index in [0.717, 1.165) is 42.7 Å². The van der Waals surface area contributed by atoms with E-state index in [1.165, 1.54) is 17.2 Å². The molecule has 0 unspecified atom stereocenters. The van der Waals surface area contributed by atoms with Gasteiger partial charge in [0, 0.05) is 25.3 Å². The molecule has 2 heterocycles. The quantitative estimate of drug-likeness (QED) is 0.651. The number of aromatic nitrogens is 2. The third-order valence-electron chi connectivity index (χ3n) is 5.13. The van der Waals surface area contributed by atoms with Crippen LogP contribution in [0.1, 0.15) is 12.0 Å². The number of hydrogen-bond donors (Lipinski definition) is 1. The molecule has 29 heavy (non-hydrogen) atoms. The maximum atomic E-state index is 12.9. The zero-order chi connectivity index (χ0) is 20.1. The molecule has 0 atom stereocenters. The number of anilines is 1. The Labute approximate surface area is 170 Å². The first-order valence-electron chi connectivity index (χ1n) is 9.97. The Bertz CT molecular complexity index is 965. The van der Waals surface area contributed by atoms with E-state index >= 15 is 0 Å². The van der Waals surface area contributed by atoms with E-state index in [4.69, 9.17) is 9.47 Å². The molecule has 1 aliphatic heterocycles. The van der Waals surface area contributed by atoms with Crippen LogP contribution in [0.4, 0.5) is 10.5 Å². The van der Waals surface area contributed by atoms with E-state index in [1.807, 2.05) is 36.4 Å². The Balaban J connectivity index is 1.49. The van der Waals surface area contributed by atoms with Crippen LogP contribution < -0.4 is 15.0 Å². The van der Waals surface area contributed by atoms with E-state index in [0.29, 0.717) is 25.8 Å². The number of carbonyl (C=O) groups excluding carboxylic acids is 1. The number of morpholine rings is 1. The summed E-state index contributed by atoms with van der Waals surface area (Å²) >= 11 is 0. The summed E-state index contributed by atoms with van der Waals surface area (Å²) in [7, 11) is 1.53. The molecule has 0 saturated carbocycles. The SMILES string of the molecule is COc1nc2ccc(N3CCOCC3)cc2n1C(=O)NCCCc1ccccc1. The van der Waals surface area contributed by atoms with E-state index < -0.39 is 0 Å². The predicted molar refractivity (Wildman–Crippen MR) is 113 cm³/mol. The zero-order valence-electron chi connectivity index (χ0n) is 16.6. The first-order chi connectivity index (χ1) is 14.3. The van der Waals surface area contributed by atoms with E-state index in [-0.39, 0.29) is 6.03 Å². The predicted octanol–water partition coefficient (Wildman–Crippen LogP) is 3.07. The molecule has 1 aromatic heterocycles. The van der Waals surface area contributed by atoms with Gasteiger partial charge >= 0.3 is 12.0 Å². The summed E-state index contributed by atoms with van der Waals surface area (Å²) in [5, 5.41) is 2.99. The maximum absolute atomic E-state index is 12.9. The fourth-order valence-corrected chi connectivity index (χ4v) is 3.60. The van der Waals surface area contributed by atoms with Crippen LogP contribution in [0.15, 0.2) is 48.5 Å². The molecule has 1 amide bonds. The number of nitrogens with zero attached hydrogens (tertiary/aromatic N) is 3. The lowest BCUT2D eigenvalue weighted by atomic mass is 10.1. The molecule has 0 radical (unpaired) electrons. The average molecular weight is 394 g/mol. The van der Waals surface area contributed by atoms with Gasteiger partial charge in [-0.3, -0.25) is 0 Å². The Morgan fingerprint density at radius 3 is 2.72 bits per heavy atom. The number of amides is 1. The molecule has 1 aliphatic rings. The van der Waals surface area contributed by atoms with Gasteiger partial charge in [0.15, 0.2) is 0 Å². The molecule has 1 saturated heterocycles. The zero-order valence-corrected chi connectivity index (χ0v) is 16.6. The number of ether oxygens (including phenoxy) is 2. The van der Waals surface area contributed by atoms with Crippen molar-refractivity contribution >= 4 is 22.8 Å². The molecule has 0 spiro atoms. The maximum Gasteiger partial charge on any atom is 0.330 e. The minimum Gasteiger partial charge on any atom is -0.468 e. The van der Waals surface area contributed by atoms with Crippen molar-refractivity contribution in [3.8, 4) is 6.01 Å². The minimum atomic E-state index is -0.225. The van der Waals surface area contributed by atoms with E-state index in [2.05, 4.69) is 27.3 Å². The van der Waals surface area contributed by atoms with Crippen molar-refractivity contribution < 1.29 is 14.3 Å². The number of imidazole rings is 1. The Morgan fingerprint density at radius 2 is 1.97 bits per heavy atom. The Kier molecular flexibility index (Phi) is 5.95. The average Bonchev–Trinajstić information content (AvgIpc) is 3.16. The summed E-state index contributed by atoms with van der Waals surface area (Å²) in [6, 6.07) is 16.3. The van der Waals surface area contributed by atoms with Gasteiger partial charge in [-0.15, -0.1) is 0 Å². The van der Waals surface area contributed by atoms with Crippen LogP contribution in [0.3, 0.4) is 0 Å². The highest BCUT2D eigenvalue weighted by Crippen LogP contribution is 2.26. The van der Waals surface area contributed by atoms with Crippen molar-refractivity contribution in [2.24, 2.45) is 0 Å². The summed E-state index contributed by atoms with van der Waals surface area (Å²) in [5.41, 5.74) is 3.80. The highest BCUT2D eigenvalue weighted by molar-refractivity contribution is 5.92. The summed E-state index contributed by atoms with van der Waals surface area (Å²) in [4.78, 5) is 19.6. The van der Waals surface area contributed by atoms with Crippen molar-refractivity contribution in [2.45, 2.75) is 12.8 Å². The number of aryl methyl sites for hydroxylation is 1. The lowest BCUT2D eigenvalue weighted by molar-refractivity contribution is 0.122. The van der Waals surface area contributed by atoms with Gasteiger partial charge in [-0.25, -0.2) is 9.36 Å². The van der Waals surface area contributed by atoms with Crippen molar-refractivity contribution in [1.29, 1.82) is 0 Å². The molecule has 2 aromatic carbocycles. The van der Waals surface area contributed by atoms with Crippen LogP contribution in [0.5, 0.6) is 6.01 Å². The molecule has 4 rings (SSSR count). The van der Waals surface area contributed by atoms with E-state index in [9.17, 15) is 4.79 Å². The number of nitrogens with one attached hydrogen (secondary N) is 1. The highest BCUT2D eigenvalue weighted by Gasteiger charge is 2.19. The molecular weight excluding hydrogens is 368 g/mol. The summed E-state index contributed by atoms with van der Waals surface area (Å²) in [6.45, 7) is 3.68. The van der Waals surface area contributed by atoms with Gasteiger partial charge < -0.3 is 19.7 Å². The topological polar surface area (TPSA) is 68.6 Å². The summed E-state index contributed by atoms with van der Waals surface area (Å²) in [5.74, 6) is 0. The van der Waals surface area contributed by atoms with E-state index in [1.54, 1.807) is 0 Å². The second-order valence-corrected chi connectivity index (χ2v) is 7.03. The van der Waals surface area contributed by atoms with Crippen LogP contribution in [-0.2, 0) is 11.2 Å². The largest absolute Gasteiger partial charge is 0.468 e. The summed E-state index contributed by atoms with van der Waals surface area (Å²) in [6.07, 6.45) is 1.79. The highest BCUT2D eigenvalue weighted by atomic mass is 16.5. The number of hydrogen-bond acceptors (Lipinski definition) is 5. The minimum absolute atomic E-state index is 0.225. The van der Waals surface area contributed by atoms with Gasteiger partial charge in [-0.2, -0.15) is 4.98 Å². The monoisotopic (exact) mass is 394 g/mol. The van der Waals surface area contributed by atoms with Crippen LogP contribution in [0.2, 0.25) is 0 Å². The lowest BCUT2D eigenvalue weighted by Crippen LogP contribution is -2.36. The van der Waals surface area contributed by atoms with Gasteiger partial charge in [0.25, 0.3) is 0 Å². The smallest absolute Gasteiger partial charge is 0.330 e. The molecule has 1 fully saturated rings. The molecule has 7 heteroatoms. The fraction of sp³-hybridized carbons (Fsp3) is 0.364. The number of benzene rings is 2. The molecule has 1 N–H and O–H groups in total. The third kappa shape index (κ3) is 4.35. The lowest BCUT2D eigenvalue weighted by Gasteiger charge is -2.28. The second-order valence-electron chi connectivity index (χ2n) is 7.03. The van der Waals surface area contributed by atoms with Crippen LogP contribution >= 0.6 is 0 Å². The first kappa shape index (κ1) is 19.3.